The van der Waals surface area contributed by atoms with Crippen LogP contribution < -0.4 is 5.32 Å². The largest absolute Gasteiger partial charge is 0.434 e. The van der Waals surface area contributed by atoms with E-state index in [1.807, 2.05) is 0 Å². The van der Waals surface area contributed by atoms with Crippen LogP contribution >= 0.6 is 22.9 Å². The number of aromatic nitrogens is 7. The number of rotatable bonds is 4. The number of nitrogens with zero attached hydrogens (tertiary/aromatic N) is 7. The molecule has 0 fully saturated rings. The lowest BCUT2D eigenvalue weighted by atomic mass is 10.2. The van der Waals surface area contributed by atoms with Crippen LogP contribution in [0.2, 0.25) is 5.02 Å². The topological polar surface area (TPSA) is 103 Å². The number of nitrogens with one attached hydrogen (secondary N) is 1. The molecular formula is C19H10ClF3N8OS. The SMILES string of the molecule is O=C(Nc1cnc(-n2nccn2)c(Cl)c1)c1cnn(-c2nccc3sccc23)c1C(F)(F)F. The first-order valence-electron chi connectivity index (χ1n) is 9.14. The maximum absolute atomic E-state index is 14.0. The van der Waals surface area contributed by atoms with Gasteiger partial charge in [0.15, 0.2) is 17.3 Å². The number of thiophene rings is 1. The monoisotopic (exact) mass is 490 g/mol. The molecule has 5 aromatic rings. The number of carbonyl (C=O) groups excluding carboxylic acids is 1. The van der Waals surface area contributed by atoms with Crippen LogP contribution in [0.15, 0.2) is 54.6 Å². The van der Waals surface area contributed by atoms with Crippen molar-refractivity contribution < 1.29 is 18.0 Å². The number of anilines is 1. The third kappa shape index (κ3) is 3.81. The van der Waals surface area contributed by atoms with Gasteiger partial charge in [0.05, 0.1) is 41.1 Å². The Kier molecular flexibility index (Phi) is 5.06. The Morgan fingerprint density at radius 2 is 1.82 bits per heavy atom. The Labute approximate surface area is 191 Å². The highest BCUT2D eigenvalue weighted by Crippen LogP contribution is 2.35. The van der Waals surface area contributed by atoms with Crippen LogP contribution in [0.5, 0.6) is 0 Å². The van der Waals surface area contributed by atoms with Crippen molar-refractivity contribution >= 4 is 44.6 Å². The molecule has 0 radical (unpaired) electrons. The second-order valence-corrected chi connectivity index (χ2v) is 7.94. The number of carbonyl (C=O) groups is 1. The Hall–Kier alpha value is -3.84. The molecule has 5 aromatic heterocycles. The van der Waals surface area contributed by atoms with Crippen LogP contribution in [-0.4, -0.2) is 40.6 Å². The number of alkyl halides is 3. The molecule has 0 spiro atoms. The van der Waals surface area contributed by atoms with E-state index < -0.39 is 23.3 Å². The normalized spacial score (nSPS) is 11.8. The number of halogens is 4. The van der Waals surface area contributed by atoms with E-state index in [-0.39, 0.29) is 22.3 Å². The lowest BCUT2D eigenvalue weighted by Crippen LogP contribution is -2.21. The lowest BCUT2D eigenvalue weighted by Gasteiger charge is -2.13. The van der Waals surface area contributed by atoms with E-state index in [1.165, 1.54) is 42.2 Å². The number of fused-ring (bicyclic) bond motifs is 1. The second kappa shape index (κ2) is 7.94. The summed E-state index contributed by atoms with van der Waals surface area (Å²) in [6.45, 7) is 0. The first kappa shape index (κ1) is 21.0. The Morgan fingerprint density at radius 1 is 1.03 bits per heavy atom. The molecule has 0 saturated carbocycles. The smallest absolute Gasteiger partial charge is 0.320 e. The van der Waals surface area contributed by atoms with E-state index in [1.54, 1.807) is 17.5 Å². The second-order valence-electron chi connectivity index (χ2n) is 6.59. The fourth-order valence-electron chi connectivity index (χ4n) is 3.17. The Balaban J connectivity index is 1.52. The maximum atomic E-state index is 14.0. The summed E-state index contributed by atoms with van der Waals surface area (Å²) < 4.78 is 43.4. The summed E-state index contributed by atoms with van der Waals surface area (Å²) in [7, 11) is 0. The van der Waals surface area contributed by atoms with Gasteiger partial charge in [-0.25, -0.2) is 14.6 Å². The quantitative estimate of drug-likeness (QED) is 0.401. The zero-order valence-corrected chi connectivity index (χ0v) is 17.7. The summed E-state index contributed by atoms with van der Waals surface area (Å²) in [6.07, 6.45) is 1.44. The zero-order valence-electron chi connectivity index (χ0n) is 16.2. The maximum Gasteiger partial charge on any atom is 0.434 e. The Morgan fingerprint density at radius 3 is 2.55 bits per heavy atom. The number of pyridine rings is 2. The molecule has 9 nitrogen and oxygen atoms in total. The van der Waals surface area contributed by atoms with Gasteiger partial charge in [0, 0.05) is 16.3 Å². The molecule has 0 bridgehead atoms. The fourth-order valence-corrected chi connectivity index (χ4v) is 4.18. The van der Waals surface area contributed by atoms with E-state index in [2.05, 4.69) is 30.6 Å². The molecule has 0 aliphatic rings. The van der Waals surface area contributed by atoms with Crippen molar-refractivity contribution in [3.05, 3.63) is 70.8 Å². The first-order valence-corrected chi connectivity index (χ1v) is 10.4. The van der Waals surface area contributed by atoms with E-state index in [0.29, 0.717) is 10.1 Å². The predicted molar refractivity (Wildman–Crippen MR) is 114 cm³/mol. The third-order valence-corrected chi connectivity index (χ3v) is 5.69. The van der Waals surface area contributed by atoms with E-state index in [0.717, 1.165) is 15.7 Å². The summed E-state index contributed by atoms with van der Waals surface area (Å²) in [6, 6.07) is 4.66. The van der Waals surface area contributed by atoms with Gasteiger partial charge in [-0.1, -0.05) is 11.6 Å². The number of hydrogen-bond acceptors (Lipinski definition) is 7. The molecule has 0 saturated heterocycles. The van der Waals surface area contributed by atoms with Gasteiger partial charge in [0.2, 0.25) is 0 Å². The van der Waals surface area contributed by atoms with E-state index in [4.69, 9.17) is 11.6 Å². The van der Waals surface area contributed by atoms with E-state index >= 15 is 0 Å². The summed E-state index contributed by atoms with van der Waals surface area (Å²) in [4.78, 5) is 22.1. The van der Waals surface area contributed by atoms with Gasteiger partial charge in [-0.05, 0) is 23.6 Å². The summed E-state index contributed by atoms with van der Waals surface area (Å²) >= 11 is 7.52. The minimum absolute atomic E-state index is 0.0269. The van der Waals surface area contributed by atoms with Crippen LogP contribution in [0.3, 0.4) is 0 Å². The molecule has 0 aliphatic heterocycles. The lowest BCUT2D eigenvalue weighted by molar-refractivity contribution is -0.143. The van der Waals surface area contributed by atoms with Crippen molar-refractivity contribution in [2.24, 2.45) is 0 Å². The van der Waals surface area contributed by atoms with Crippen molar-refractivity contribution in [2.75, 3.05) is 5.32 Å². The standard InChI is InChI=1S/C19H10ClF3N8OS/c20-13-7-10(8-25-17(13)31-26-4-5-27-31)29-18(32)12-9-28-30(15(12)19(21,22)23)16-11-2-6-33-14(11)1-3-24-16/h1-9H,(H,29,32). The molecule has 166 valence electrons. The molecule has 14 heteroatoms. The Bertz CT molecular complexity index is 1480. The van der Waals surface area contributed by atoms with Crippen molar-refractivity contribution in [2.45, 2.75) is 6.18 Å². The molecule has 5 heterocycles. The molecule has 1 N–H and O–H groups in total. The first-order chi connectivity index (χ1) is 15.8. The summed E-state index contributed by atoms with van der Waals surface area (Å²) in [5.41, 5.74) is -1.84. The predicted octanol–water partition coefficient (Wildman–Crippen LogP) is 4.38. The van der Waals surface area contributed by atoms with Crippen molar-refractivity contribution in [1.29, 1.82) is 0 Å². The molecular weight excluding hydrogens is 481 g/mol. The van der Waals surface area contributed by atoms with Crippen LogP contribution in [0.1, 0.15) is 16.1 Å². The highest BCUT2D eigenvalue weighted by molar-refractivity contribution is 7.17. The highest BCUT2D eigenvalue weighted by atomic mass is 35.5. The number of hydrogen-bond donors (Lipinski definition) is 1. The molecule has 0 aliphatic carbocycles. The minimum Gasteiger partial charge on any atom is -0.320 e. The minimum atomic E-state index is -4.88. The average Bonchev–Trinajstić information content (AvgIpc) is 3.52. The van der Waals surface area contributed by atoms with Gasteiger partial charge in [-0.15, -0.1) is 16.1 Å². The summed E-state index contributed by atoms with van der Waals surface area (Å²) in [5, 5.41) is 16.3. The fraction of sp³-hybridized carbons (Fsp3) is 0.0526. The van der Waals surface area contributed by atoms with Gasteiger partial charge in [-0.3, -0.25) is 4.79 Å². The van der Waals surface area contributed by atoms with Gasteiger partial charge < -0.3 is 5.32 Å². The van der Waals surface area contributed by atoms with Crippen LogP contribution in [0.4, 0.5) is 18.9 Å². The summed E-state index contributed by atoms with van der Waals surface area (Å²) in [5.74, 6) is -0.867. The molecule has 0 atom stereocenters. The number of amides is 1. The van der Waals surface area contributed by atoms with Gasteiger partial charge in [-0.2, -0.15) is 28.5 Å². The molecule has 5 rings (SSSR count). The molecule has 33 heavy (non-hydrogen) atoms. The van der Waals surface area contributed by atoms with Crippen molar-refractivity contribution in [3.63, 3.8) is 0 Å². The van der Waals surface area contributed by atoms with Crippen LogP contribution in [-0.2, 0) is 6.18 Å². The highest BCUT2D eigenvalue weighted by Gasteiger charge is 2.41. The van der Waals surface area contributed by atoms with Crippen LogP contribution in [0, 0.1) is 0 Å². The van der Waals surface area contributed by atoms with Crippen molar-refractivity contribution in [3.8, 4) is 11.6 Å². The average molecular weight is 491 g/mol. The van der Waals surface area contributed by atoms with Gasteiger partial charge in [0.25, 0.3) is 5.91 Å². The molecule has 0 unspecified atom stereocenters. The molecule has 1 amide bonds. The van der Waals surface area contributed by atoms with Gasteiger partial charge >= 0.3 is 6.18 Å². The van der Waals surface area contributed by atoms with Crippen LogP contribution in [0.25, 0.3) is 21.7 Å². The molecule has 0 aromatic carbocycles. The van der Waals surface area contributed by atoms with Gasteiger partial charge in [0.1, 0.15) is 0 Å². The zero-order chi connectivity index (χ0) is 23.2. The van der Waals surface area contributed by atoms with E-state index in [9.17, 15) is 18.0 Å². The third-order valence-electron chi connectivity index (χ3n) is 4.53. The van der Waals surface area contributed by atoms with Crippen molar-refractivity contribution in [1.82, 2.24) is 34.7 Å².